The van der Waals surface area contributed by atoms with Crippen molar-refractivity contribution in [3.63, 3.8) is 0 Å². The Morgan fingerprint density at radius 3 is 2.37 bits per heavy atom. The third kappa shape index (κ3) is 6.73. The van der Waals surface area contributed by atoms with E-state index in [-0.39, 0.29) is 28.3 Å². The monoisotopic (exact) mass is 436 g/mol. The van der Waals surface area contributed by atoms with E-state index in [1.807, 2.05) is 34.6 Å². The molecule has 0 aromatic heterocycles. The van der Waals surface area contributed by atoms with Crippen molar-refractivity contribution in [1.29, 1.82) is 0 Å². The van der Waals surface area contributed by atoms with E-state index >= 15 is 0 Å². The third-order valence-electron chi connectivity index (χ3n) is 4.43. The van der Waals surface area contributed by atoms with Crippen molar-refractivity contribution in [3.8, 4) is 5.75 Å². The van der Waals surface area contributed by atoms with Gasteiger partial charge in [0.25, 0.3) is 0 Å². The summed E-state index contributed by atoms with van der Waals surface area (Å²) in [5.74, 6) is -0.410. The Bertz CT molecular complexity index is 969. The lowest BCUT2D eigenvalue weighted by Crippen LogP contribution is -2.50. The lowest BCUT2D eigenvalue weighted by molar-refractivity contribution is 0.165. The maximum atomic E-state index is 13.1. The molecule has 2 rings (SSSR count). The highest BCUT2D eigenvalue weighted by Crippen LogP contribution is 2.22. The number of hydrogen-bond donors (Lipinski definition) is 1. The minimum atomic E-state index is -4.10. The van der Waals surface area contributed by atoms with Gasteiger partial charge in [-0.3, -0.25) is 0 Å². The zero-order valence-corrected chi connectivity index (χ0v) is 18.8. The summed E-state index contributed by atoms with van der Waals surface area (Å²) in [6.45, 7) is 9.99. The van der Waals surface area contributed by atoms with Crippen molar-refractivity contribution in [2.24, 2.45) is 0 Å². The van der Waals surface area contributed by atoms with Crippen LogP contribution < -0.4 is 9.50 Å². The number of carbonyl (C=O) groups is 1. The van der Waals surface area contributed by atoms with Crippen LogP contribution in [0.1, 0.15) is 46.6 Å². The highest BCUT2D eigenvalue weighted by Gasteiger charge is 2.24. The minimum Gasteiger partial charge on any atom is -0.379 e. The van der Waals surface area contributed by atoms with E-state index in [2.05, 4.69) is 5.32 Å². The lowest BCUT2D eigenvalue weighted by atomic mass is 10.1. The maximum absolute atomic E-state index is 13.1. The highest BCUT2D eigenvalue weighted by molar-refractivity contribution is 7.87. The average molecular weight is 437 g/mol. The first-order valence-electron chi connectivity index (χ1n) is 9.79. The SMILES string of the molecule is CC[C@@H](C)N(Cc1cccc(OS(=O)(=O)c2ccc(F)cc2)c1)C(=O)NC(C)(C)C. The second-order valence-corrected chi connectivity index (χ2v) is 9.75. The van der Waals surface area contributed by atoms with Crippen LogP contribution >= 0.6 is 0 Å². The molecular weight excluding hydrogens is 407 g/mol. The van der Waals surface area contributed by atoms with E-state index in [0.717, 1.165) is 36.2 Å². The van der Waals surface area contributed by atoms with Crippen LogP contribution in [0.4, 0.5) is 9.18 Å². The fourth-order valence-electron chi connectivity index (χ4n) is 2.71. The second kappa shape index (κ2) is 9.47. The molecule has 0 aliphatic heterocycles. The number of rotatable bonds is 7. The van der Waals surface area contributed by atoms with Crippen molar-refractivity contribution in [2.45, 2.75) is 64.1 Å². The number of benzene rings is 2. The van der Waals surface area contributed by atoms with Crippen LogP contribution in [0.3, 0.4) is 0 Å². The number of halogens is 1. The number of nitrogens with zero attached hydrogens (tertiary/aromatic N) is 1. The van der Waals surface area contributed by atoms with Gasteiger partial charge in [-0.15, -0.1) is 0 Å². The Morgan fingerprint density at radius 1 is 1.17 bits per heavy atom. The van der Waals surface area contributed by atoms with Crippen LogP contribution in [0.15, 0.2) is 53.4 Å². The first-order valence-corrected chi connectivity index (χ1v) is 11.2. The first-order chi connectivity index (χ1) is 13.9. The van der Waals surface area contributed by atoms with Gasteiger partial charge in [-0.1, -0.05) is 19.1 Å². The van der Waals surface area contributed by atoms with Crippen LogP contribution in [-0.4, -0.2) is 30.9 Å². The van der Waals surface area contributed by atoms with Gasteiger partial charge in [-0.2, -0.15) is 8.42 Å². The predicted octanol–water partition coefficient (Wildman–Crippen LogP) is 4.70. The summed E-state index contributed by atoms with van der Waals surface area (Å²) in [7, 11) is -4.10. The molecule has 0 heterocycles. The van der Waals surface area contributed by atoms with Crippen molar-refractivity contribution < 1.29 is 21.8 Å². The zero-order chi connectivity index (χ0) is 22.5. The molecule has 2 aromatic rings. The van der Waals surface area contributed by atoms with E-state index in [9.17, 15) is 17.6 Å². The topological polar surface area (TPSA) is 75.7 Å². The molecule has 0 bridgehead atoms. The Hall–Kier alpha value is -2.61. The molecule has 0 aliphatic rings. The smallest absolute Gasteiger partial charge is 0.339 e. The molecule has 0 saturated carbocycles. The predicted molar refractivity (Wildman–Crippen MR) is 114 cm³/mol. The summed E-state index contributed by atoms with van der Waals surface area (Å²) in [4.78, 5) is 14.3. The van der Waals surface area contributed by atoms with Gasteiger partial charge in [0, 0.05) is 18.1 Å². The number of hydrogen-bond acceptors (Lipinski definition) is 4. The summed E-state index contributed by atoms with van der Waals surface area (Å²) >= 11 is 0. The van der Waals surface area contributed by atoms with Crippen molar-refractivity contribution in [1.82, 2.24) is 10.2 Å². The molecule has 0 aliphatic carbocycles. The van der Waals surface area contributed by atoms with Crippen LogP contribution in [0, 0.1) is 5.82 Å². The molecule has 0 radical (unpaired) electrons. The molecule has 30 heavy (non-hydrogen) atoms. The van der Waals surface area contributed by atoms with Gasteiger partial charge in [-0.25, -0.2) is 9.18 Å². The highest BCUT2D eigenvalue weighted by atomic mass is 32.2. The van der Waals surface area contributed by atoms with Crippen molar-refractivity contribution >= 4 is 16.1 Å². The van der Waals surface area contributed by atoms with Crippen LogP contribution in [0.5, 0.6) is 5.75 Å². The fraction of sp³-hybridized carbons (Fsp3) is 0.409. The fourth-order valence-corrected chi connectivity index (χ4v) is 3.63. The average Bonchev–Trinajstić information content (AvgIpc) is 2.64. The minimum absolute atomic E-state index is 0.0140. The molecular formula is C22H29FN2O4S. The quantitative estimate of drug-likeness (QED) is 0.638. The van der Waals surface area contributed by atoms with Gasteiger partial charge >= 0.3 is 16.1 Å². The van der Waals surface area contributed by atoms with Crippen molar-refractivity contribution in [3.05, 3.63) is 59.9 Å². The van der Waals surface area contributed by atoms with Gasteiger partial charge < -0.3 is 14.4 Å². The number of amides is 2. The van der Waals surface area contributed by atoms with Crippen LogP contribution in [-0.2, 0) is 16.7 Å². The van der Waals surface area contributed by atoms with Gasteiger partial charge in [0.15, 0.2) is 0 Å². The number of carbonyl (C=O) groups excluding carboxylic acids is 1. The maximum Gasteiger partial charge on any atom is 0.339 e. The standard InChI is InChI=1S/C22H29FN2O4S/c1-6-16(2)25(21(26)24-22(3,4)5)15-17-8-7-9-19(14-17)29-30(27,28)20-12-10-18(23)11-13-20/h7-14,16H,6,15H2,1-5H3,(H,24,26)/t16-/m1/s1. The summed E-state index contributed by atoms with van der Waals surface area (Å²) in [6.07, 6.45) is 0.771. The number of urea groups is 1. The van der Waals surface area contributed by atoms with E-state index in [4.69, 9.17) is 4.18 Å². The van der Waals surface area contributed by atoms with E-state index in [1.165, 1.54) is 6.07 Å². The molecule has 164 valence electrons. The largest absolute Gasteiger partial charge is 0.379 e. The van der Waals surface area contributed by atoms with Gasteiger partial charge in [0.05, 0.1) is 0 Å². The van der Waals surface area contributed by atoms with Crippen LogP contribution in [0.2, 0.25) is 0 Å². The molecule has 0 spiro atoms. The molecule has 0 unspecified atom stereocenters. The molecule has 0 fully saturated rings. The van der Waals surface area contributed by atoms with E-state index in [0.29, 0.717) is 6.54 Å². The summed E-state index contributed by atoms with van der Waals surface area (Å²) < 4.78 is 43.2. The Kier molecular flexibility index (Phi) is 7.47. The number of nitrogens with one attached hydrogen (secondary N) is 1. The molecule has 0 saturated heterocycles. The van der Waals surface area contributed by atoms with Gasteiger partial charge in [-0.05, 0) is 76.1 Å². The second-order valence-electron chi connectivity index (χ2n) is 8.20. The third-order valence-corrected chi connectivity index (χ3v) is 5.69. The molecule has 1 atom stereocenters. The van der Waals surface area contributed by atoms with Crippen molar-refractivity contribution in [2.75, 3.05) is 0 Å². The van der Waals surface area contributed by atoms with Gasteiger partial charge in [0.2, 0.25) is 0 Å². The lowest BCUT2D eigenvalue weighted by Gasteiger charge is -2.32. The molecule has 6 nitrogen and oxygen atoms in total. The molecule has 8 heteroatoms. The summed E-state index contributed by atoms with van der Waals surface area (Å²) in [5, 5.41) is 2.96. The van der Waals surface area contributed by atoms with E-state index in [1.54, 1.807) is 23.1 Å². The van der Waals surface area contributed by atoms with E-state index < -0.39 is 15.9 Å². The Morgan fingerprint density at radius 2 is 1.80 bits per heavy atom. The zero-order valence-electron chi connectivity index (χ0n) is 18.0. The Balaban J connectivity index is 2.22. The molecule has 2 aromatic carbocycles. The Labute approximate surface area is 178 Å². The molecule has 1 N–H and O–H groups in total. The normalized spacial score (nSPS) is 12.9. The summed E-state index contributed by atoms with van der Waals surface area (Å²) in [6, 6.07) is 10.8. The molecule has 2 amide bonds. The summed E-state index contributed by atoms with van der Waals surface area (Å²) in [5.41, 5.74) is 0.350. The van der Waals surface area contributed by atoms with Crippen LogP contribution in [0.25, 0.3) is 0 Å². The van der Waals surface area contributed by atoms with Gasteiger partial charge in [0.1, 0.15) is 16.5 Å². The first kappa shape index (κ1) is 23.7.